The van der Waals surface area contributed by atoms with E-state index in [9.17, 15) is 4.79 Å². The van der Waals surface area contributed by atoms with Crippen molar-refractivity contribution in [2.24, 2.45) is 13.0 Å². The molecule has 1 aliphatic heterocycles. The summed E-state index contributed by atoms with van der Waals surface area (Å²) in [6.07, 6.45) is 2.31. The van der Waals surface area contributed by atoms with Crippen LogP contribution in [0, 0.1) is 12.8 Å². The lowest BCUT2D eigenvalue weighted by Gasteiger charge is -2.21. The van der Waals surface area contributed by atoms with E-state index in [4.69, 9.17) is 4.74 Å². The standard InChI is InChI=1S/C30H33N5O2S.ClH/c1-19-9-11-23-24(7-5-8-26(23)31-19)28-32-33-29(34(28)3)38-14-6-13-35-17-22-16-30(22,18-35)21-10-12-27(37-4)25(15-21)20(2)36;/h5,7-12,15,22H,6,13-14,16-18H2,1-4H3;1H. The van der Waals surface area contributed by atoms with E-state index in [0.717, 1.165) is 64.9 Å². The summed E-state index contributed by atoms with van der Waals surface area (Å²) in [5.41, 5.74) is 5.23. The lowest BCUT2D eigenvalue weighted by atomic mass is 9.92. The van der Waals surface area contributed by atoms with Crippen LogP contribution >= 0.6 is 24.2 Å². The molecule has 2 aromatic heterocycles. The molecule has 2 atom stereocenters. The molecule has 1 saturated carbocycles. The Morgan fingerprint density at radius 2 is 2.03 bits per heavy atom. The van der Waals surface area contributed by atoms with Crippen LogP contribution in [-0.4, -0.2) is 62.9 Å². The van der Waals surface area contributed by atoms with Crippen molar-refractivity contribution < 1.29 is 9.53 Å². The van der Waals surface area contributed by atoms with E-state index in [0.29, 0.717) is 17.2 Å². The molecule has 2 aromatic carbocycles. The summed E-state index contributed by atoms with van der Waals surface area (Å²) in [4.78, 5) is 19.4. The van der Waals surface area contributed by atoms with E-state index in [2.05, 4.69) is 48.9 Å². The van der Waals surface area contributed by atoms with Gasteiger partial charge in [-0.25, -0.2) is 0 Å². The van der Waals surface area contributed by atoms with Gasteiger partial charge in [-0.15, -0.1) is 22.6 Å². The lowest BCUT2D eigenvalue weighted by Crippen LogP contribution is -2.28. The Kier molecular flexibility index (Phi) is 7.73. The fraction of sp³-hybridized carbons (Fsp3) is 0.400. The van der Waals surface area contributed by atoms with Crippen LogP contribution in [0.3, 0.4) is 0 Å². The van der Waals surface area contributed by atoms with Gasteiger partial charge in [-0.2, -0.15) is 0 Å². The first-order valence-corrected chi connectivity index (χ1v) is 14.2. The number of piperidine rings is 1. The third kappa shape index (κ3) is 5.06. The van der Waals surface area contributed by atoms with Crippen molar-refractivity contribution in [3.05, 3.63) is 65.4 Å². The number of ketones is 1. The fourth-order valence-electron chi connectivity index (χ4n) is 6.08. The third-order valence-corrected chi connectivity index (χ3v) is 9.27. The van der Waals surface area contributed by atoms with Gasteiger partial charge in [-0.1, -0.05) is 36.0 Å². The number of Topliss-reactive ketones (excluding diaryl/α,β-unsaturated/α-hetero) is 1. The summed E-state index contributed by atoms with van der Waals surface area (Å²) in [5, 5.41) is 11.1. The summed E-state index contributed by atoms with van der Waals surface area (Å²) >= 11 is 1.77. The van der Waals surface area contributed by atoms with Crippen LogP contribution in [-0.2, 0) is 12.5 Å². The number of hydrogen-bond acceptors (Lipinski definition) is 7. The zero-order valence-electron chi connectivity index (χ0n) is 22.8. The van der Waals surface area contributed by atoms with Gasteiger partial charge in [-0.05, 0) is 69.0 Å². The highest BCUT2D eigenvalue weighted by atomic mass is 35.5. The van der Waals surface area contributed by atoms with Gasteiger partial charge >= 0.3 is 0 Å². The van der Waals surface area contributed by atoms with E-state index in [1.807, 2.05) is 38.2 Å². The number of methoxy groups -OCH3 is 1. The molecule has 39 heavy (non-hydrogen) atoms. The number of ether oxygens (including phenoxy) is 1. The Morgan fingerprint density at radius 3 is 2.82 bits per heavy atom. The molecule has 2 fully saturated rings. The number of aryl methyl sites for hydroxylation is 1. The van der Waals surface area contributed by atoms with Crippen molar-refractivity contribution in [3.8, 4) is 17.1 Å². The maximum absolute atomic E-state index is 12.1. The summed E-state index contributed by atoms with van der Waals surface area (Å²) < 4.78 is 7.50. The van der Waals surface area contributed by atoms with Gasteiger partial charge < -0.3 is 14.2 Å². The molecule has 7 nitrogen and oxygen atoms in total. The molecular formula is C30H34ClN5O2S. The molecule has 0 amide bonds. The van der Waals surface area contributed by atoms with Gasteiger partial charge in [0.2, 0.25) is 0 Å². The van der Waals surface area contributed by atoms with Crippen molar-refractivity contribution in [3.63, 3.8) is 0 Å². The second-order valence-corrected chi connectivity index (χ2v) is 11.7. The Balaban J connectivity index is 0.00000308. The van der Waals surface area contributed by atoms with Gasteiger partial charge in [0.05, 0.1) is 18.2 Å². The molecule has 2 aliphatic rings. The van der Waals surface area contributed by atoms with Crippen molar-refractivity contribution in [1.82, 2.24) is 24.6 Å². The molecule has 0 N–H and O–H groups in total. The van der Waals surface area contributed by atoms with Crippen molar-refractivity contribution >= 4 is 40.9 Å². The molecule has 0 bridgehead atoms. The zero-order chi connectivity index (χ0) is 26.4. The summed E-state index contributed by atoms with van der Waals surface area (Å²) in [6, 6.07) is 16.5. The number of hydrogen-bond donors (Lipinski definition) is 0. The van der Waals surface area contributed by atoms with Crippen LogP contribution in [0.15, 0.2) is 53.7 Å². The lowest BCUT2D eigenvalue weighted by molar-refractivity contribution is 0.101. The Labute approximate surface area is 239 Å². The smallest absolute Gasteiger partial charge is 0.191 e. The molecule has 0 radical (unpaired) electrons. The fourth-order valence-corrected chi connectivity index (χ4v) is 6.91. The molecule has 3 heterocycles. The van der Waals surface area contributed by atoms with E-state index in [1.165, 1.54) is 12.0 Å². The van der Waals surface area contributed by atoms with Gasteiger partial charge in [0.1, 0.15) is 5.75 Å². The highest BCUT2D eigenvalue weighted by Gasteiger charge is 2.60. The Bertz CT molecular complexity index is 1540. The molecule has 4 aromatic rings. The summed E-state index contributed by atoms with van der Waals surface area (Å²) in [5.74, 6) is 3.27. The number of carbonyl (C=O) groups excluding carboxylic acids is 1. The largest absolute Gasteiger partial charge is 0.496 e. The van der Waals surface area contributed by atoms with Crippen LogP contribution in [0.5, 0.6) is 5.75 Å². The van der Waals surface area contributed by atoms with Gasteiger partial charge in [-0.3, -0.25) is 9.78 Å². The van der Waals surface area contributed by atoms with E-state index >= 15 is 0 Å². The van der Waals surface area contributed by atoms with Crippen molar-refractivity contribution in [2.75, 3.05) is 32.5 Å². The van der Waals surface area contributed by atoms with Crippen molar-refractivity contribution in [1.29, 1.82) is 0 Å². The first kappa shape index (κ1) is 27.6. The molecule has 0 spiro atoms. The predicted molar refractivity (Wildman–Crippen MR) is 158 cm³/mol. The van der Waals surface area contributed by atoms with Gasteiger partial charge in [0, 0.05) is 47.9 Å². The Hall–Kier alpha value is -2.94. The third-order valence-electron chi connectivity index (χ3n) is 8.17. The number of aromatic nitrogens is 4. The molecule has 6 rings (SSSR count). The first-order chi connectivity index (χ1) is 18.4. The zero-order valence-corrected chi connectivity index (χ0v) is 24.4. The number of nitrogens with zero attached hydrogens (tertiary/aromatic N) is 5. The minimum absolute atomic E-state index is 0. The van der Waals surface area contributed by atoms with Gasteiger partial charge in [0.25, 0.3) is 0 Å². The maximum atomic E-state index is 12.1. The van der Waals surface area contributed by atoms with E-state index < -0.39 is 0 Å². The van der Waals surface area contributed by atoms with E-state index in [1.54, 1.807) is 25.8 Å². The predicted octanol–water partition coefficient (Wildman–Crippen LogP) is 5.73. The number of halogens is 1. The van der Waals surface area contributed by atoms with Crippen molar-refractivity contribution in [2.45, 2.75) is 37.3 Å². The highest BCUT2D eigenvalue weighted by molar-refractivity contribution is 7.99. The van der Waals surface area contributed by atoms with Crippen LogP contribution in [0.25, 0.3) is 22.3 Å². The summed E-state index contributed by atoms with van der Waals surface area (Å²) in [6.45, 7) is 6.89. The van der Waals surface area contributed by atoms with Crippen LogP contribution in [0.4, 0.5) is 0 Å². The average Bonchev–Trinajstić information content (AvgIpc) is 3.29. The molecule has 9 heteroatoms. The minimum atomic E-state index is 0. The van der Waals surface area contributed by atoms with Crippen LogP contribution in [0.1, 0.15) is 41.4 Å². The topological polar surface area (TPSA) is 73.1 Å². The summed E-state index contributed by atoms with van der Waals surface area (Å²) in [7, 11) is 3.67. The molecule has 1 aliphatic carbocycles. The second-order valence-electron chi connectivity index (χ2n) is 10.7. The van der Waals surface area contributed by atoms with Gasteiger partial charge in [0.15, 0.2) is 16.8 Å². The number of fused-ring (bicyclic) bond motifs is 2. The maximum Gasteiger partial charge on any atom is 0.191 e. The number of thioether (sulfide) groups is 1. The SMILES string of the molecule is COc1ccc(C23CC2CN(CCCSc2nnc(-c4cccc5nc(C)ccc45)n2C)C3)cc1C(C)=O.Cl. The molecular weight excluding hydrogens is 530 g/mol. The number of carbonyl (C=O) groups is 1. The minimum Gasteiger partial charge on any atom is -0.496 e. The molecule has 2 unspecified atom stereocenters. The Morgan fingerprint density at radius 1 is 1.18 bits per heavy atom. The number of likely N-dealkylation sites (tertiary alicyclic amines) is 1. The first-order valence-electron chi connectivity index (χ1n) is 13.2. The second kappa shape index (κ2) is 10.9. The normalized spacial score (nSPS) is 20.1. The van der Waals surface area contributed by atoms with Crippen LogP contribution in [0.2, 0.25) is 0 Å². The quantitative estimate of drug-likeness (QED) is 0.146. The average molecular weight is 564 g/mol. The molecule has 204 valence electrons. The molecule has 1 saturated heterocycles. The van der Waals surface area contributed by atoms with E-state index in [-0.39, 0.29) is 23.6 Å². The monoisotopic (exact) mass is 563 g/mol. The number of pyridine rings is 1. The number of benzene rings is 2. The van der Waals surface area contributed by atoms with Crippen LogP contribution < -0.4 is 4.74 Å². The number of rotatable bonds is 9. The highest BCUT2D eigenvalue weighted by Crippen LogP contribution is 2.59.